The van der Waals surface area contributed by atoms with Gasteiger partial charge in [-0.3, -0.25) is 0 Å². The third-order valence-electron chi connectivity index (χ3n) is 11.4. The minimum Gasteiger partial charge on any atom is -0.0622 e. The molecule has 0 heteroatoms. The van der Waals surface area contributed by atoms with Crippen molar-refractivity contribution in [1.82, 2.24) is 0 Å². The lowest BCUT2D eigenvalue weighted by Crippen LogP contribution is -1.86. The van der Waals surface area contributed by atoms with E-state index in [2.05, 4.69) is 206 Å². The molecule has 0 fully saturated rings. The van der Waals surface area contributed by atoms with Crippen molar-refractivity contribution in [3.63, 3.8) is 0 Å². The van der Waals surface area contributed by atoms with Crippen molar-refractivity contribution in [3.05, 3.63) is 206 Å². The zero-order valence-corrected chi connectivity index (χ0v) is 29.6. The first-order chi connectivity index (χ1) is 26.7. The van der Waals surface area contributed by atoms with Crippen LogP contribution in [0.15, 0.2) is 206 Å². The molecular formula is C54H34. The second-order valence-corrected chi connectivity index (χ2v) is 14.5. The molecule has 11 aromatic carbocycles. The van der Waals surface area contributed by atoms with Crippen LogP contribution >= 0.6 is 0 Å². The number of hydrogen-bond donors (Lipinski definition) is 0. The Balaban J connectivity index is 0.931. The molecule has 0 heterocycles. The topological polar surface area (TPSA) is 0 Å². The zero-order valence-electron chi connectivity index (χ0n) is 29.6. The molecule has 0 aliphatic rings. The highest BCUT2D eigenvalue weighted by atomic mass is 14.2. The van der Waals surface area contributed by atoms with Crippen LogP contribution in [0.1, 0.15) is 0 Å². The SMILES string of the molecule is c1ccc(-c2cccc(-c3ccc4c(ccc5cc(-c6ccc7c(ccc8cc(-c9cc%10ccccc%10c%10ccccc9%10)ccc87)c6)ccc54)c3)c2)cc1. The molecule has 0 nitrogen and oxygen atoms in total. The second-order valence-electron chi connectivity index (χ2n) is 14.5. The standard InChI is InChI=1S/C54H34/c1-2-9-35(10-3-1)36-12-8-13-37(29-36)38-21-25-48-42(30-38)17-18-43-31-39(22-26-49(43)48)40-23-27-50-44(32-40)19-20-45-33-46(24-28-51(45)50)54-34-41-11-4-5-14-47(41)52-15-6-7-16-53(52)54/h1-34H. The zero-order chi connectivity index (χ0) is 35.6. The molecule has 0 aromatic heterocycles. The molecule has 0 saturated carbocycles. The van der Waals surface area contributed by atoms with Gasteiger partial charge in [-0.15, -0.1) is 0 Å². The van der Waals surface area contributed by atoms with Crippen LogP contribution in [-0.2, 0) is 0 Å². The molecule has 54 heavy (non-hydrogen) atoms. The summed E-state index contributed by atoms with van der Waals surface area (Å²) >= 11 is 0. The van der Waals surface area contributed by atoms with E-state index in [4.69, 9.17) is 0 Å². The van der Waals surface area contributed by atoms with E-state index in [1.807, 2.05) is 0 Å². The minimum atomic E-state index is 1.23. The summed E-state index contributed by atoms with van der Waals surface area (Å²) in [5, 5.41) is 15.3. The molecular weight excluding hydrogens is 649 g/mol. The van der Waals surface area contributed by atoms with Gasteiger partial charge in [0.1, 0.15) is 0 Å². The van der Waals surface area contributed by atoms with Crippen LogP contribution in [0, 0.1) is 0 Å². The van der Waals surface area contributed by atoms with Gasteiger partial charge in [-0.05, 0) is 146 Å². The largest absolute Gasteiger partial charge is 0.0622 e. The van der Waals surface area contributed by atoms with Gasteiger partial charge in [-0.1, -0.05) is 170 Å². The van der Waals surface area contributed by atoms with E-state index in [-0.39, 0.29) is 0 Å². The quantitative estimate of drug-likeness (QED) is 0.162. The van der Waals surface area contributed by atoms with Gasteiger partial charge in [0.15, 0.2) is 0 Å². The molecule has 11 rings (SSSR count). The van der Waals surface area contributed by atoms with Crippen molar-refractivity contribution >= 4 is 64.6 Å². The maximum Gasteiger partial charge on any atom is -0.00988 e. The van der Waals surface area contributed by atoms with Crippen LogP contribution < -0.4 is 0 Å². The molecule has 11 aromatic rings. The third-order valence-corrected chi connectivity index (χ3v) is 11.4. The maximum absolute atomic E-state index is 2.36. The van der Waals surface area contributed by atoms with Gasteiger partial charge in [0, 0.05) is 0 Å². The summed E-state index contributed by atoms with van der Waals surface area (Å²) in [4.78, 5) is 0. The number of fused-ring (bicyclic) bond motifs is 9. The Morgan fingerprint density at radius 1 is 0.167 bits per heavy atom. The fourth-order valence-electron chi connectivity index (χ4n) is 8.65. The van der Waals surface area contributed by atoms with E-state index in [0.29, 0.717) is 0 Å². The summed E-state index contributed by atoms with van der Waals surface area (Å²) in [5.41, 5.74) is 9.93. The first kappa shape index (κ1) is 30.6. The molecule has 0 spiro atoms. The van der Waals surface area contributed by atoms with Gasteiger partial charge < -0.3 is 0 Å². The van der Waals surface area contributed by atoms with Gasteiger partial charge >= 0.3 is 0 Å². The first-order valence-electron chi connectivity index (χ1n) is 18.7. The van der Waals surface area contributed by atoms with Crippen molar-refractivity contribution in [2.75, 3.05) is 0 Å². The summed E-state index contributed by atoms with van der Waals surface area (Å²) in [5.74, 6) is 0. The second kappa shape index (κ2) is 12.3. The smallest absolute Gasteiger partial charge is 0.00988 e. The lowest BCUT2D eigenvalue weighted by Gasteiger charge is -2.13. The molecule has 0 bridgehead atoms. The summed E-state index contributed by atoms with van der Waals surface area (Å²) < 4.78 is 0. The Bertz CT molecular complexity index is 3260. The predicted molar refractivity (Wildman–Crippen MR) is 233 cm³/mol. The summed E-state index contributed by atoms with van der Waals surface area (Å²) in [6.45, 7) is 0. The van der Waals surface area contributed by atoms with Crippen LogP contribution in [0.4, 0.5) is 0 Å². The lowest BCUT2D eigenvalue weighted by molar-refractivity contribution is 1.60. The molecule has 250 valence electrons. The van der Waals surface area contributed by atoms with Crippen molar-refractivity contribution in [2.45, 2.75) is 0 Å². The molecule has 0 radical (unpaired) electrons. The van der Waals surface area contributed by atoms with E-state index in [1.54, 1.807) is 0 Å². The molecule has 0 amide bonds. The van der Waals surface area contributed by atoms with Gasteiger partial charge in [0.2, 0.25) is 0 Å². The monoisotopic (exact) mass is 682 g/mol. The highest BCUT2D eigenvalue weighted by molar-refractivity contribution is 6.15. The van der Waals surface area contributed by atoms with Crippen molar-refractivity contribution < 1.29 is 0 Å². The average molecular weight is 683 g/mol. The Labute approximate surface area is 314 Å². The fraction of sp³-hybridized carbons (Fsp3) is 0. The molecule has 0 N–H and O–H groups in total. The molecule has 0 atom stereocenters. The first-order valence-corrected chi connectivity index (χ1v) is 18.7. The fourth-order valence-corrected chi connectivity index (χ4v) is 8.65. The van der Waals surface area contributed by atoms with Crippen molar-refractivity contribution in [3.8, 4) is 44.5 Å². The van der Waals surface area contributed by atoms with Gasteiger partial charge in [0.25, 0.3) is 0 Å². The summed E-state index contributed by atoms with van der Waals surface area (Å²) in [7, 11) is 0. The number of rotatable bonds is 4. The van der Waals surface area contributed by atoms with E-state index >= 15 is 0 Å². The van der Waals surface area contributed by atoms with Crippen molar-refractivity contribution in [1.29, 1.82) is 0 Å². The molecule has 0 saturated heterocycles. The Morgan fingerprint density at radius 3 is 1.11 bits per heavy atom. The average Bonchev–Trinajstić information content (AvgIpc) is 3.25. The van der Waals surface area contributed by atoms with E-state index in [0.717, 1.165) is 0 Å². The lowest BCUT2D eigenvalue weighted by atomic mass is 9.91. The molecule has 0 unspecified atom stereocenters. The summed E-state index contributed by atoms with van der Waals surface area (Å²) in [6, 6.07) is 76.1. The maximum atomic E-state index is 2.36. The van der Waals surface area contributed by atoms with Crippen LogP contribution in [0.2, 0.25) is 0 Å². The van der Waals surface area contributed by atoms with E-state index in [9.17, 15) is 0 Å². The highest BCUT2D eigenvalue weighted by Gasteiger charge is 2.12. The number of hydrogen-bond acceptors (Lipinski definition) is 0. The van der Waals surface area contributed by atoms with E-state index in [1.165, 1.54) is 109 Å². The number of benzene rings is 11. The predicted octanol–water partition coefficient (Wildman–Crippen LogP) is 15.3. The van der Waals surface area contributed by atoms with Crippen molar-refractivity contribution in [2.24, 2.45) is 0 Å². The molecule has 0 aliphatic carbocycles. The van der Waals surface area contributed by atoms with Gasteiger partial charge in [-0.25, -0.2) is 0 Å². The van der Waals surface area contributed by atoms with Gasteiger partial charge in [0.05, 0.1) is 0 Å². The Kier molecular flexibility index (Phi) is 6.97. The minimum absolute atomic E-state index is 1.23. The van der Waals surface area contributed by atoms with Crippen LogP contribution in [0.5, 0.6) is 0 Å². The van der Waals surface area contributed by atoms with Crippen LogP contribution in [0.3, 0.4) is 0 Å². The summed E-state index contributed by atoms with van der Waals surface area (Å²) in [6.07, 6.45) is 0. The van der Waals surface area contributed by atoms with Gasteiger partial charge in [-0.2, -0.15) is 0 Å². The Morgan fingerprint density at radius 2 is 0.537 bits per heavy atom. The van der Waals surface area contributed by atoms with Crippen LogP contribution in [0.25, 0.3) is 109 Å². The normalized spacial score (nSPS) is 11.7. The Hall–Kier alpha value is -7.02. The van der Waals surface area contributed by atoms with Crippen LogP contribution in [-0.4, -0.2) is 0 Å². The third kappa shape index (κ3) is 5.07. The van der Waals surface area contributed by atoms with E-state index < -0.39 is 0 Å². The molecule has 0 aliphatic heterocycles. The highest BCUT2D eigenvalue weighted by Crippen LogP contribution is 2.39.